The Morgan fingerprint density at radius 1 is 1.31 bits per heavy atom. The van der Waals surface area contributed by atoms with Gasteiger partial charge < -0.3 is 9.84 Å². The molecule has 0 radical (unpaired) electrons. The van der Waals surface area contributed by atoms with E-state index in [0.717, 1.165) is 0 Å². The van der Waals surface area contributed by atoms with Crippen LogP contribution in [0.5, 0.6) is 0 Å². The Bertz CT molecular complexity index is 195. The first-order valence-corrected chi connectivity index (χ1v) is 4.69. The number of hydrogen-bond acceptors (Lipinski definition) is 5. The lowest BCUT2D eigenvalue weighted by Crippen LogP contribution is -2.20. The third kappa shape index (κ3) is 5.05. The molecule has 2 atom stereocenters. The number of methoxy groups -OCH3 is 1. The molecule has 6 heteroatoms. The molecule has 0 rings (SSSR count). The van der Waals surface area contributed by atoms with Crippen LogP contribution in [0.4, 0.5) is 0 Å². The highest BCUT2D eigenvalue weighted by Crippen LogP contribution is 2.12. The fourth-order valence-electron chi connectivity index (χ4n) is 0.693. The van der Waals surface area contributed by atoms with Gasteiger partial charge in [-0.05, 0) is 12.8 Å². The van der Waals surface area contributed by atoms with Crippen LogP contribution in [0.15, 0.2) is 0 Å². The van der Waals surface area contributed by atoms with E-state index in [-0.39, 0.29) is 0 Å². The molecule has 0 amide bonds. The van der Waals surface area contributed by atoms with Crippen LogP contribution in [-0.2, 0) is 14.3 Å². The smallest absolute Gasteiger partial charge is 0.318 e. The second kappa shape index (κ2) is 6.15. The van der Waals surface area contributed by atoms with E-state index >= 15 is 0 Å². The van der Waals surface area contributed by atoms with Crippen molar-refractivity contribution in [2.24, 2.45) is 0 Å². The molecule has 0 aliphatic carbocycles. The molecule has 4 nitrogen and oxygen atoms in total. The van der Waals surface area contributed by atoms with Crippen LogP contribution in [0.1, 0.15) is 12.8 Å². The van der Waals surface area contributed by atoms with Gasteiger partial charge in [0.05, 0.1) is 17.6 Å². The molecule has 0 fully saturated rings. The zero-order valence-electron chi connectivity index (χ0n) is 7.14. The van der Waals surface area contributed by atoms with Gasteiger partial charge in [0.2, 0.25) is 0 Å². The fraction of sp³-hybridized carbons (Fsp3) is 0.714. The number of carbonyl (C=O) groups is 2. The van der Waals surface area contributed by atoms with Gasteiger partial charge in [0, 0.05) is 0 Å². The van der Waals surface area contributed by atoms with Crippen LogP contribution >= 0.6 is 25.3 Å². The summed E-state index contributed by atoms with van der Waals surface area (Å²) in [4.78, 5) is 21.2. The number of ether oxygens (including phenoxy) is 1. The Kier molecular flexibility index (Phi) is 5.98. The summed E-state index contributed by atoms with van der Waals surface area (Å²) in [6, 6.07) is 0. The summed E-state index contributed by atoms with van der Waals surface area (Å²) in [5.74, 6) is -1.44. The van der Waals surface area contributed by atoms with E-state index in [9.17, 15) is 9.59 Å². The number of hydrogen-bond donors (Lipinski definition) is 3. The monoisotopic (exact) mass is 224 g/mol. The normalized spacial score (nSPS) is 14.7. The second-order valence-corrected chi connectivity index (χ2v) is 3.72. The van der Waals surface area contributed by atoms with Gasteiger partial charge in [-0.15, -0.1) is 0 Å². The quantitative estimate of drug-likeness (QED) is 0.473. The minimum absolute atomic E-state index is 0.293. The molecule has 0 heterocycles. The van der Waals surface area contributed by atoms with Gasteiger partial charge >= 0.3 is 11.9 Å². The van der Waals surface area contributed by atoms with Crippen LogP contribution < -0.4 is 0 Å². The van der Waals surface area contributed by atoms with Gasteiger partial charge in [0.15, 0.2) is 0 Å². The SMILES string of the molecule is COC(=O)C(S)CCC(S)C(=O)O. The van der Waals surface area contributed by atoms with E-state index in [2.05, 4.69) is 30.0 Å². The van der Waals surface area contributed by atoms with Crippen LogP contribution in [0.3, 0.4) is 0 Å². The summed E-state index contributed by atoms with van der Waals surface area (Å²) in [5.41, 5.74) is 0. The molecule has 13 heavy (non-hydrogen) atoms. The number of rotatable bonds is 5. The van der Waals surface area contributed by atoms with Crippen LogP contribution in [-0.4, -0.2) is 34.7 Å². The third-order valence-corrected chi connectivity index (χ3v) is 2.42. The highest BCUT2D eigenvalue weighted by Gasteiger charge is 2.18. The minimum Gasteiger partial charge on any atom is -0.480 e. The topological polar surface area (TPSA) is 63.6 Å². The predicted octanol–water partition coefficient (Wildman–Crippen LogP) is 0.621. The summed E-state index contributed by atoms with van der Waals surface area (Å²) in [7, 11) is 1.26. The number of carboxylic acid groups (broad SMARTS) is 1. The highest BCUT2D eigenvalue weighted by atomic mass is 32.1. The first-order valence-electron chi connectivity index (χ1n) is 3.65. The number of esters is 1. The summed E-state index contributed by atoms with van der Waals surface area (Å²) in [6.07, 6.45) is 0.637. The predicted molar refractivity (Wildman–Crippen MR) is 54.4 cm³/mol. The molecule has 0 saturated heterocycles. The van der Waals surface area contributed by atoms with Gasteiger partial charge in [0.1, 0.15) is 0 Å². The summed E-state index contributed by atoms with van der Waals surface area (Å²) < 4.78 is 4.42. The molecule has 0 saturated carbocycles. The van der Waals surface area contributed by atoms with E-state index in [4.69, 9.17) is 5.11 Å². The molecule has 0 aromatic carbocycles. The molecular formula is C7H12O4S2. The lowest BCUT2D eigenvalue weighted by atomic mass is 10.2. The van der Waals surface area contributed by atoms with Crippen molar-refractivity contribution in [3.05, 3.63) is 0 Å². The lowest BCUT2D eigenvalue weighted by molar-refractivity contribution is -0.140. The molecule has 0 bridgehead atoms. The summed E-state index contributed by atoms with van der Waals surface area (Å²) in [5, 5.41) is 7.15. The molecular weight excluding hydrogens is 212 g/mol. The maximum absolute atomic E-state index is 10.8. The van der Waals surface area contributed by atoms with Crippen LogP contribution in [0.25, 0.3) is 0 Å². The zero-order chi connectivity index (χ0) is 10.4. The Hall–Kier alpha value is -0.360. The van der Waals surface area contributed by atoms with Crippen molar-refractivity contribution >= 4 is 37.2 Å². The number of carboxylic acids is 1. The van der Waals surface area contributed by atoms with Gasteiger partial charge in [-0.1, -0.05) is 0 Å². The third-order valence-electron chi connectivity index (χ3n) is 1.47. The first kappa shape index (κ1) is 12.6. The molecule has 76 valence electrons. The Morgan fingerprint density at radius 3 is 2.15 bits per heavy atom. The molecule has 0 aromatic heterocycles. The van der Waals surface area contributed by atoms with Crippen molar-refractivity contribution < 1.29 is 19.4 Å². The van der Waals surface area contributed by atoms with E-state index in [1.807, 2.05) is 0 Å². The Morgan fingerprint density at radius 2 is 1.77 bits per heavy atom. The summed E-state index contributed by atoms with van der Waals surface area (Å²) in [6.45, 7) is 0. The van der Waals surface area contributed by atoms with Gasteiger partial charge in [-0.2, -0.15) is 25.3 Å². The maximum atomic E-state index is 10.8. The van der Waals surface area contributed by atoms with Gasteiger partial charge in [-0.3, -0.25) is 9.59 Å². The molecule has 0 aliphatic heterocycles. The van der Waals surface area contributed by atoms with Gasteiger partial charge in [0.25, 0.3) is 0 Å². The standard InChI is InChI=1S/C7H12O4S2/c1-11-7(10)5(13)3-2-4(12)6(8)9/h4-5,12-13H,2-3H2,1H3,(H,8,9). The van der Waals surface area contributed by atoms with Crippen molar-refractivity contribution in [3.63, 3.8) is 0 Å². The van der Waals surface area contributed by atoms with Crippen LogP contribution in [0, 0.1) is 0 Å². The Labute approximate surface area is 87.5 Å². The van der Waals surface area contributed by atoms with Crippen molar-refractivity contribution in [3.8, 4) is 0 Å². The second-order valence-electron chi connectivity index (χ2n) is 2.47. The molecule has 0 spiro atoms. The Balaban J connectivity index is 3.76. The molecule has 2 unspecified atom stereocenters. The van der Waals surface area contributed by atoms with E-state index < -0.39 is 22.4 Å². The molecule has 0 aromatic rings. The summed E-state index contributed by atoms with van der Waals surface area (Å²) >= 11 is 7.76. The van der Waals surface area contributed by atoms with Gasteiger partial charge in [-0.25, -0.2) is 0 Å². The lowest BCUT2D eigenvalue weighted by Gasteiger charge is -2.09. The first-order chi connectivity index (χ1) is 5.99. The van der Waals surface area contributed by atoms with Crippen molar-refractivity contribution in [1.29, 1.82) is 0 Å². The average Bonchev–Trinajstić information content (AvgIpc) is 2.11. The molecule has 1 N–H and O–H groups in total. The van der Waals surface area contributed by atoms with E-state index in [1.54, 1.807) is 0 Å². The number of carbonyl (C=O) groups excluding carboxylic acids is 1. The van der Waals surface area contributed by atoms with E-state index in [1.165, 1.54) is 7.11 Å². The van der Waals surface area contributed by atoms with Crippen LogP contribution in [0.2, 0.25) is 0 Å². The van der Waals surface area contributed by atoms with Crippen molar-refractivity contribution in [1.82, 2.24) is 0 Å². The number of aliphatic carboxylic acids is 1. The minimum atomic E-state index is -0.992. The number of thiol groups is 2. The molecule has 0 aliphatic rings. The van der Waals surface area contributed by atoms with Crippen molar-refractivity contribution in [2.75, 3.05) is 7.11 Å². The average molecular weight is 224 g/mol. The van der Waals surface area contributed by atoms with E-state index in [0.29, 0.717) is 12.8 Å². The maximum Gasteiger partial charge on any atom is 0.318 e. The zero-order valence-corrected chi connectivity index (χ0v) is 8.92. The highest BCUT2D eigenvalue weighted by molar-refractivity contribution is 7.82. The largest absolute Gasteiger partial charge is 0.480 e. The fourth-order valence-corrected chi connectivity index (χ4v) is 1.10. The van der Waals surface area contributed by atoms with Crippen molar-refractivity contribution in [2.45, 2.75) is 23.3 Å².